The first-order valence-electron chi connectivity index (χ1n) is 8.83. The zero-order valence-electron chi connectivity index (χ0n) is 14.7. The Morgan fingerprint density at radius 2 is 1.48 bits per heavy atom. The Labute approximate surface area is 162 Å². The van der Waals surface area contributed by atoms with E-state index in [4.69, 9.17) is 0 Å². The molecular weight excluding hydrogens is 348 g/mol. The van der Waals surface area contributed by atoms with Gasteiger partial charge in [-0.3, -0.25) is 4.79 Å². The van der Waals surface area contributed by atoms with Gasteiger partial charge < -0.3 is 0 Å². The molecule has 4 rings (SSSR count). The number of ketones is 1. The summed E-state index contributed by atoms with van der Waals surface area (Å²) in [5.41, 5.74) is 4.64. The molecule has 0 spiro atoms. The standard InChI is InChI=1S/C25H18OS/c26-20(12-8-7-11-19-9-3-1-4-10-19)15-16-22-21-13-5-2-6-14-23(21)25-24(22)17-18-27-25/h1-18H/b11-7+,12-8+,16-15+. The predicted octanol–water partition coefficient (Wildman–Crippen LogP) is 6.86. The highest BCUT2D eigenvalue weighted by Gasteiger charge is 2.15. The van der Waals surface area contributed by atoms with E-state index in [1.807, 2.05) is 60.7 Å². The molecule has 130 valence electrons. The molecule has 0 aliphatic heterocycles. The predicted molar refractivity (Wildman–Crippen MR) is 117 cm³/mol. The topological polar surface area (TPSA) is 17.1 Å². The maximum atomic E-state index is 12.2. The summed E-state index contributed by atoms with van der Waals surface area (Å²) in [7, 11) is 0. The first-order chi connectivity index (χ1) is 13.3. The lowest BCUT2D eigenvalue weighted by molar-refractivity contribution is -0.110. The van der Waals surface area contributed by atoms with E-state index >= 15 is 0 Å². The minimum Gasteiger partial charge on any atom is -0.290 e. The number of fused-ring (bicyclic) bond motifs is 3. The maximum Gasteiger partial charge on any atom is 0.178 e. The number of hydrogen-bond acceptors (Lipinski definition) is 2. The van der Waals surface area contributed by atoms with E-state index in [-0.39, 0.29) is 5.78 Å². The van der Waals surface area contributed by atoms with Crippen LogP contribution < -0.4 is 0 Å². The van der Waals surface area contributed by atoms with Crippen LogP contribution in [0.1, 0.15) is 11.1 Å². The van der Waals surface area contributed by atoms with Crippen LogP contribution in [0.15, 0.2) is 96.4 Å². The number of thiophene rings is 1. The highest BCUT2D eigenvalue weighted by molar-refractivity contribution is 7.18. The first kappa shape index (κ1) is 17.2. The summed E-state index contributed by atoms with van der Waals surface area (Å²) < 4.78 is 1.27. The van der Waals surface area contributed by atoms with E-state index in [2.05, 4.69) is 29.6 Å². The third-order valence-corrected chi connectivity index (χ3v) is 5.35. The second-order valence-corrected chi connectivity index (χ2v) is 7.10. The van der Waals surface area contributed by atoms with E-state index in [1.54, 1.807) is 29.6 Å². The normalized spacial score (nSPS) is 12.1. The fourth-order valence-corrected chi connectivity index (χ4v) is 4.09. The van der Waals surface area contributed by atoms with Gasteiger partial charge in [-0.1, -0.05) is 78.9 Å². The molecule has 2 aromatic rings. The van der Waals surface area contributed by atoms with Crippen LogP contribution in [0.3, 0.4) is 0 Å². The molecule has 0 bridgehead atoms. The zero-order chi connectivity index (χ0) is 18.5. The van der Waals surface area contributed by atoms with Gasteiger partial charge in [-0.2, -0.15) is 0 Å². The molecule has 0 unspecified atom stereocenters. The van der Waals surface area contributed by atoms with Gasteiger partial charge in [0.05, 0.1) is 0 Å². The zero-order valence-corrected chi connectivity index (χ0v) is 15.5. The Balaban J connectivity index is 1.54. The van der Waals surface area contributed by atoms with Crippen molar-refractivity contribution in [1.29, 1.82) is 0 Å². The number of carbonyl (C=O) groups excluding carboxylic acids is 1. The molecule has 1 heterocycles. The Kier molecular flexibility index (Phi) is 5.08. The second-order valence-electron chi connectivity index (χ2n) is 6.18. The molecule has 27 heavy (non-hydrogen) atoms. The number of allylic oxidation sites excluding steroid dienone is 4. The van der Waals surface area contributed by atoms with Gasteiger partial charge in [-0.15, -0.1) is 11.3 Å². The fourth-order valence-electron chi connectivity index (χ4n) is 3.14. The average molecular weight is 366 g/mol. The molecule has 1 aromatic carbocycles. The molecule has 0 atom stereocenters. The Bertz CT molecular complexity index is 1130. The third-order valence-electron chi connectivity index (χ3n) is 4.40. The van der Waals surface area contributed by atoms with Gasteiger partial charge >= 0.3 is 0 Å². The highest BCUT2D eigenvalue weighted by Crippen LogP contribution is 2.42. The van der Waals surface area contributed by atoms with Crippen LogP contribution in [0.5, 0.6) is 0 Å². The smallest absolute Gasteiger partial charge is 0.178 e. The first-order valence-corrected chi connectivity index (χ1v) is 9.71. The van der Waals surface area contributed by atoms with E-state index in [0.29, 0.717) is 0 Å². The van der Waals surface area contributed by atoms with Crippen LogP contribution in [0.2, 0.25) is 0 Å². The molecule has 1 aromatic heterocycles. The van der Waals surface area contributed by atoms with Crippen molar-refractivity contribution in [2.75, 3.05) is 0 Å². The lowest BCUT2D eigenvalue weighted by Gasteiger charge is -1.95. The number of benzene rings is 1. The highest BCUT2D eigenvalue weighted by atomic mass is 32.1. The van der Waals surface area contributed by atoms with Crippen LogP contribution in [0.25, 0.3) is 33.4 Å². The molecule has 1 nitrogen and oxygen atoms in total. The molecule has 2 aliphatic carbocycles. The Morgan fingerprint density at radius 1 is 0.741 bits per heavy atom. The molecule has 0 amide bonds. The summed E-state index contributed by atoms with van der Waals surface area (Å²) in [5, 5.41) is 3.31. The summed E-state index contributed by atoms with van der Waals surface area (Å²) in [4.78, 5) is 12.2. The molecule has 0 saturated carbocycles. The average Bonchev–Trinajstić information content (AvgIpc) is 3.17. The van der Waals surface area contributed by atoms with Gasteiger partial charge in [0.1, 0.15) is 0 Å². The lowest BCUT2D eigenvalue weighted by atomic mass is 10.1. The van der Waals surface area contributed by atoms with Crippen LogP contribution in [0.4, 0.5) is 0 Å². The number of rotatable bonds is 5. The van der Waals surface area contributed by atoms with Crippen LogP contribution in [-0.4, -0.2) is 5.78 Å². The third kappa shape index (κ3) is 3.81. The van der Waals surface area contributed by atoms with Gasteiger partial charge in [-0.25, -0.2) is 0 Å². The molecular formula is C25H18OS. The SMILES string of the molecule is O=C(/C=C/C=C/c1ccccc1)/C=C/c1c2cccccc-2c2sccc12. The van der Waals surface area contributed by atoms with Gasteiger partial charge in [0.15, 0.2) is 5.78 Å². The Hall–Kier alpha value is -3.23. The van der Waals surface area contributed by atoms with Crippen molar-refractivity contribution in [2.24, 2.45) is 0 Å². The van der Waals surface area contributed by atoms with Gasteiger partial charge in [-0.05, 0) is 46.4 Å². The summed E-state index contributed by atoms with van der Waals surface area (Å²) in [6, 6.07) is 22.5. The van der Waals surface area contributed by atoms with Gasteiger partial charge in [0, 0.05) is 15.6 Å². The Morgan fingerprint density at radius 3 is 2.30 bits per heavy atom. The van der Waals surface area contributed by atoms with E-state index in [1.165, 1.54) is 21.2 Å². The van der Waals surface area contributed by atoms with Crippen molar-refractivity contribution in [3.8, 4) is 11.1 Å². The summed E-state index contributed by atoms with van der Waals surface area (Å²) >= 11 is 1.74. The minimum absolute atomic E-state index is 0.0225. The van der Waals surface area contributed by atoms with Crippen molar-refractivity contribution >= 4 is 39.4 Å². The van der Waals surface area contributed by atoms with E-state index in [9.17, 15) is 4.79 Å². The lowest BCUT2D eigenvalue weighted by Crippen LogP contribution is -1.84. The van der Waals surface area contributed by atoms with Gasteiger partial charge in [0.2, 0.25) is 0 Å². The van der Waals surface area contributed by atoms with E-state index < -0.39 is 0 Å². The van der Waals surface area contributed by atoms with Crippen LogP contribution in [-0.2, 0) is 4.79 Å². The summed E-state index contributed by atoms with van der Waals surface area (Å²) in [5.74, 6) is -0.0225. The van der Waals surface area contributed by atoms with Crippen LogP contribution in [0, 0.1) is 0 Å². The monoisotopic (exact) mass is 366 g/mol. The number of hydrogen-bond donors (Lipinski definition) is 0. The van der Waals surface area contributed by atoms with E-state index in [0.717, 1.165) is 11.1 Å². The molecule has 0 saturated heterocycles. The molecule has 0 fully saturated rings. The molecule has 2 aliphatic rings. The van der Waals surface area contributed by atoms with Crippen LogP contribution >= 0.6 is 11.3 Å². The van der Waals surface area contributed by atoms with Gasteiger partial charge in [0.25, 0.3) is 0 Å². The summed E-state index contributed by atoms with van der Waals surface area (Å²) in [6.07, 6.45) is 10.8. The summed E-state index contributed by atoms with van der Waals surface area (Å²) in [6.45, 7) is 0. The quantitative estimate of drug-likeness (QED) is 0.278. The van der Waals surface area contributed by atoms with Crippen molar-refractivity contribution in [1.82, 2.24) is 0 Å². The maximum absolute atomic E-state index is 12.2. The molecule has 0 radical (unpaired) electrons. The molecule has 2 heteroatoms. The minimum atomic E-state index is -0.0225. The largest absolute Gasteiger partial charge is 0.290 e. The van der Waals surface area contributed by atoms with Crippen molar-refractivity contribution in [3.63, 3.8) is 0 Å². The van der Waals surface area contributed by atoms with Crippen molar-refractivity contribution < 1.29 is 4.79 Å². The number of carbonyl (C=O) groups is 1. The fraction of sp³-hybridized carbons (Fsp3) is 0. The van der Waals surface area contributed by atoms with Crippen molar-refractivity contribution in [3.05, 3.63) is 108 Å². The van der Waals surface area contributed by atoms with Crippen molar-refractivity contribution in [2.45, 2.75) is 0 Å². The molecule has 0 N–H and O–H groups in total. The second kappa shape index (κ2) is 7.98.